The molecule has 0 bridgehead atoms. The van der Waals surface area contributed by atoms with Gasteiger partial charge in [-0.1, -0.05) is 35.9 Å². The lowest BCUT2D eigenvalue weighted by molar-refractivity contribution is -0.141. The molecule has 1 heterocycles. The van der Waals surface area contributed by atoms with E-state index in [9.17, 15) is 22.8 Å². The van der Waals surface area contributed by atoms with Crippen molar-refractivity contribution in [1.82, 2.24) is 9.55 Å². The van der Waals surface area contributed by atoms with Gasteiger partial charge >= 0.3 is 11.9 Å². The van der Waals surface area contributed by atoms with E-state index in [1.165, 1.54) is 0 Å². The van der Waals surface area contributed by atoms with Crippen molar-refractivity contribution in [3.63, 3.8) is 0 Å². The van der Waals surface area contributed by atoms with Gasteiger partial charge in [-0.05, 0) is 18.1 Å². The molecule has 0 atom stereocenters. The third kappa shape index (κ3) is 3.18. The molecule has 0 saturated carbocycles. The zero-order valence-electron chi connectivity index (χ0n) is 10.8. The first-order chi connectivity index (χ1) is 9.70. The van der Waals surface area contributed by atoms with Crippen LogP contribution in [-0.4, -0.2) is 15.7 Å². The highest BCUT2D eigenvalue weighted by Gasteiger charge is 2.30. The molecule has 1 aromatic heterocycles. The van der Waals surface area contributed by atoms with Crippen molar-refractivity contribution in [3.05, 3.63) is 55.8 Å². The molecular formula is C13H10ClF3N2O2. The lowest BCUT2D eigenvalue weighted by Gasteiger charge is -2.12. The Kier molecular flexibility index (Phi) is 3.95. The molecule has 0 amide bonds. The van der Waals surface area contributed by atoms with E-state index in [1.807, 2.05) is 0 Å². The summed E-state index contributed by atoms with van der Waals surface area (Å²) < 4.78 is 37.5. The van der Waals surface area contributed by atoms with Crippen LogP contribution in [0.25, 0.3) is 11.1 Å². The Morgan fingerprint density at radius 1 is 1.24 bits per heavy atom. The standard InChI is InChI=1S/C13H10ClF3N2O2/c1-7-4-2-3-5-8(7)9-10(14)18-12(21)19(11(9)20)6-13(15,16)17/h2-5H,6H2,1H3,(H,18,21). The van der Waals surface area contributed by atoms with Gasteiger partial charge in [-0.3, -0.25) is 14.3 Å². The smallest absolute Gasteiger partial charge is 0.297 e. The van der Waals surface area contributed by atoms with Crippen LogP contribution in [0.4, 0.5) is 13.2 Å². The number of halogens is 4. The lowest BCUT2D eigenvalue weighted by Crippen LogP contribution is -2.40. The summed E-state index contributed by atoms with van der Waals surface area (Å²) in [6.07, 6.45) is -4.69. The zero-order chi connectivity index (χ0) is 15.8. The highest BCUT2D eigenvalue weighted by atomic mass is 35.5. The summed E-state index contributed by atoms with van der Waals surface area (Å²) in [6, 6.07) is 6.57. The van der Waals surface area contributed by atoms with Crippen molar-refractivity contribution in [2.45, 2.75) is 19.6 Å². The Hall–Kier alpha value is -2.02. The van der Waals surface area contributed by atoms with Gasteiger partial charge in [0.15, 0.2) is 0 Å². The molecule has 1 aromatic carbocycles. The summed E-state index contributed by atoms with van der Waals surface area (Å²) in [5.74, 6) is 0. The Bertz CT molecular complexity index is 793. The molecule has 0 aliphatic carbocycles. The van der Waals surface area contributed by atoms with E-state index in [1.54, 1.807) is 31.2 Å². The number of aromatic nitrogens is 2. The average molecular weight is 319 g/mol. The van der Waals surface area contributed by atoms with E-state index < -0.39 is 24.0 Å². The topological polar surface area (TPSA) is 54.9 Å². The van der Waals surface area contributed by atoms with E-state index in [-0.39, 0.29) is 15.3 Å². The number of aromatic amines is 1. The molecule has 8 heteroatoms. The maximum atomic E-state index is 12.5. The molecule has 0 aliphatic heterocycles. The molecule has 0 saturated heterocycles. The number of aryl methyl sites for hydroxylation is 1. The van der Waals surface area contributed by atoms with Crippen LogP contribution in [0.15, 0.2) is 33.9 Å². The molecule has 0 spiro atoms. The fourth-order valence-electron chi connectivity index (χ4n) is 1.95. The van der Waals surface area contributed by atoms with Gasteiger partial charge in [0, 0.05) is 0 Å². The molecular weight excluding hydrogens is 309 g/mol. The van der Waals surface area contributed by atoms with Crippen LogP contribution >= 0.6 is 11.6 Å². The maximum absolute atomic E-state index is 12.5. The number of rotatable bonds is 2. The van der Waals surface area contributed by atoms with Crippen LogP contribution in [0.5, 0.6) is 0 Å². The number of benzene rings is 1. The second-order valence-corrected chi connectivity index (χ2v) is 4.82. The van der Waals surface area contributed by atoms with Gasteiger partial charge in [0.2, 0.25) is 0 Å². The van der Waals surface area contributed by atoms with E-state index in [0.29, 0.717) is 11.1 Å². The highest BCUT2D eigenvalue weighted by molar-refractivity contribution is 6.32. The van der Waals surface area contributed by atoms with E-state index in [2.05, 4.69) is 4.98 Å². The van der Waals surface area contributed by atoms with Gasteiger partial charge in [0.1, 0.15) is 11.7 Å². The van der Waals surface area contributed by atoms with Crippen LogP contribution in [0.1, 0.15) is 5.56 Å². The van der Waals surface area contributed by atoms with Gasteiger partial charge in [-0.25, -0.2) is 4.79 Å². The SMILES string of the molecule is Cc1ccccc1-c1c(Cl)[nH]c(=O)n(CC(F)(F)F)c1=O. The molecule has 2 aromatic rings. The molecule has 0 unspecified atom stereocenters. The minimum absolute atomic E-state index is 0.0909. The summed E-state index contributed by atoms with van der Waals surface area (Å²) >= 11 is 5.83. The summed E-state index contributed by atoms with van der Waals surface area (Å²) in [4.78, 5) is 25.8. The normalized spacial score (nSPS) is 11.7. The fourth-order valence-corrected chi connectivity index (χ4v) is 2.22. The number of H-pyrrole nitrogens is 1. The predicted molar refractivity (Wildman–Crippen MR) is 72.6 cm³/mol. The summed E-state index contributed by atoms with van der Waals surface area (Å²) in [7, 11) is 0. The van der Waals surface area contributed by atoms with E-state index >= 15 is 0 Å². The third-order valence-corrected chi connectivity index (χ3v) is 3.18. The molecule has 1 N–H and O–H groups in total. The van der Waals surface area contributed by atoms with Crippen LogP contribution in [0.2, 0.25) is 5.15 Å². The van der Waals surface area contributed by atoms with Crippen molar-refractivity contribution >= 4 is 11.6 Å². The summed E-state index contributed by atoms with van der Waals surface area (Å²) in [5, 5.41) is -0.280. The van der Waals surface area contributed by atoms with Crippen molar-refractivity contribution in [2.75, 3.05) is 0 Å². The van der Waals surface area contributed by atoms with Gasteiger partial charge < -0.3 is 0 Å². The number of hydrogen-bond donors (Lipinski definition) is 1. The molecule has 0 radical (unpaired) electrons. The Morgan fingerprint density at radius 2 is 1.86 bits per heavy atom. The number of hydrogen-bond acceptors (Lipinski definition) is 2. The molecule has 2 rings (SSSR count). The number of nitrogens with zero attached hydrogens (tertiary/aromatic N) is 1. The average Bonchev–Trinajstić information content (AvgIpc) is 2.35. The first-order valence-electron chi connectivity index (χ1n) is 5.86. The monoisotopic (exact) mass is 318 g/mol. The van der Waals surface area contributed by atoms with Gasteiger partial charge in [-0.2, -0.15) is 13.2 Å². The number of nitrogens with one attached hydrogen (secondary N) is 1. The van der Waals surface area contributed by atoms with Crippen LogP contribution < -0.4 is 11.2 Å². The van der Waals surface area contributed by atoms with Crippen molar-refractivity contribution in [1.29, 1.82) is 0 Å². The summed E-state index contributed by atoms with van der Waals surface area (Å²) in [5.41, 5.74) is -1.39. The van der Waals surface area contributed by atoms with Crippen LogP contribution in [0, 0.1) is 6.92 Å². The first kappa shape index (κ1) is 15.4. The van der Waals surface area contributed by atoms with E-state index in [0.717, 1.165) is 0 Å². The Morgan fingerprint density at radius 3 is 2.43 bits per heavy atom. The van der Waals surface area contributed by atoms with Gasteiger partial charge in [-0.15, -0.1) is 0 Å². The second kappa shape index (κ2) is 5.40. The minimum atomic E-state index is -4.69. The Labute approximate surface area is 121 Å². The third-order valence-electron chi connectivity index (χ3n) is 2.89. The largest absolute Gasteiger partial charge is 0.406 e. The first-order valence-corrected chi connectivity index (χ1v) is 6.24. The van der Waals surface area contributed by atoms with Crippen LogP contribution in [0.3, 0.4) is 0 Å². The quantitative estimate of drug-likeness (QED) is 0.866. The fraction of sp³-hybridized carbons (Fsp3) is 0.231. The summed E-state index contributed by atoms with van der Waals surface area (Å²) in [6.45, 7) is 0.0154. The molecule has 0 aliphatic rings. The van der Waals surface area contributed by atoms with Crippen molar-refractivity contribution in [3.8, 4) is 11.1 Å². The van der Waals surface area contributed by atoms with E-state index in [4.69, 9.17) is 11.6 Å². The highest BCUT2D eigenvalue weighted by Crippen LogP contribution is 2.25. The predicted octanol–water partition coefficient (Wildman–Crippen LogP) is 2.73. The van der Waals surface area contributed by atoms with Gasteiger partial charge in [0.25, 0.3) is 5.56 Å². The zero-order valence-corrected chi connectivity index (χ0v) is 11.5. The molecule has 0 fully saturated rings. The molecule has 4 nitrogen and oxygen atoms in total. The maximum Gasteiger partial charge on any atom is 0.406 e. The van der Waals surface area contributed by atoms with Crippen molar-refractivity contribution < 1.29 is 13.2 Å². The minimum Gasteiger partial charge on any atom is -0.297 e. The van der Waals surface area contributed by atoms with Gasteiger partial charge in [0.05, 0.1) is 5.56 Å². The lowest BCUT2D eigenvalue weighted by atomic mass is 10.0. The Balaban J connectivity index is 2.75. The number of alkyl halides is 3. The molecule has 112 valence electrons. The van der Waals surface area contributed by atoms with Crippen molar-refractivity contribution in [2.24, 2.45) is 0 Å². The van der Waals surface area contributed by atoms with Crippen LogP contribution in [-0.2, 0) is 6.54 Å². The second-order valence-electron chi connectivity index (χ2n) is 4.44. The molecule has 21 heavy (non-hydrogen) atoms.